The second-order valence-corrected chi connectivity index (χ2v) is 9.02. The Labute approximate surface area is 176 Å². The molecule has 0 spiro atoms. The third-order valence-electron chi connectivity index (χ3n) is 4.52. The number of halogens is 2. The minimum atomic E-state index is -4.13. The molecule has 2 N–H and O–H groups in total. The molecular formula is C19H16Cl2N4O3S. The van der Waals surface area contributed by atoms with Crippen LogP contribution < -0.4 is 5.73 Å². The van der Waals surface area contributed by atoms with E-state index in [2.05, 4.69) is 9.97 Å². The molecule has 2 aromatic carbocycles. The zero-order chi connectivity index (χ0) is 20.8. The normalized spacial score (nSPS) is 12.1. The van der Waals surface area contributed by atoms with E-state index in [4.69, 9.17) is 33.7 Å². The summed E-state index contributed by atoms with van der Waals surface area (Å²) in [6.07, 6.45) is 0. The average molecular weight is 451 g/mol. The molecule has 0 fully saturated rings. The van der Waals surface area contributed by atoms with Crippen molar-refractivity contribution in [2.75, 3.05) is 19.5 Å². The molecule has 0 saturated carbocycles. The number of nitrogens with two attached hydrogens (primary N) is 1. The van der Waals surface area contributed by atoms with Crippen LogP contribution in [0, 0.1) is 0 Å². The highest BCUT2D eigenvalue weighted by Crippen LogP contribution is 2.38. The molecule has 4 rings (SSSR count). The number of para-hydroxylation sites is 2. The fourth-order valence-corrected chi connectivity index (χ4v) is 5.42. The van der Waals surface area contributed by atoms with Gasteiger partial charge in [0.05, 0.1) is 27.6 Å². The fourth-order valence-electron chi connectivity index (χ4n) is 3.16. The number of methoxy groups -OCH3 is 1. The summed E-state index contributed by atoms with van der Waals surface area (Å²) in [7, 11) is -2.58. The standard InChI is InChI=1S/C19H16Cl2N4O3S/c1-28-9-8-25-18(22)17(29(26,27)15-10-11(20)6-7-12(15)21)16-19(25)24-14-5-3-2-4-13(14)23-16/h2-7,10H,8-9,22H2,1H3. The SMILES string of the molecule is COCCn1c(N)c(S(=O)(=O)c2cc(Cl)ccc2Cl)c2nc3ccccc3nc21. The van der Waals surface area contributed by atoms with E-state index in [-0.39, 0.29) is 31.2 Å². The molecule has 0 aliphatic heterocycles. The molecule has 150 valence electrons. The van der Waals surface area contributed by atoms with Crippen LogP contribution in [0.3, 0.4) is 0 Å². The first-order valence-electron chi connectivity index (χ1n) is 8.58. The van der Waals surface area contributed by atoms with Crippen LogP contribution in [0.1, 0.15) is 0 Å². The Morgan fingerprint density at radius 2 is 1.79 bits per heavy atom. The van der Waals surface area contributed by atoms with Crippen molar-refractivity contribution in [2.24, 2.45) is 0 Å². The van der Waals surface area contributed by atoms with Gasteiger partial charge in [-0.1, -0.05) is 35.3 Å². The molecule has 0 unspecified atom stereocenters. The van der Waals surface area contributed by atoms with E-state index < -0.39 is 9.84 Å². The number of sulfone groups is 1. The van der Waals surface area contributed by atoms with Gasteiger partial charge in [0.2, 0.25) is 9.84 Å². The number of benzene rings is 2. The highest BCUT2D eigenvalue weighted by molar-refractivity contribution is 7.92. The second-order valence-electron chi connectivity index (χ2n) is 6.32. The van der Waals surface area contributed by atoms with Crippen LogP contribution in [0.5, 0.6) is 0 Å². The number of ether oxygens (including phenoxy) is 1. The van der Waals surface area contributed by atoms with E-state index in [0.717, 1.165) is 0 Å². The minimum Gasteiger partial charge on any atom is -0.384 e. The van der Waals surface area contributed by atoms with Gasteiger partial charge in [0, 0.05) is 18.7 Å². The summed E-state index contributed by atoms with van der Waals surface area (Å²) in [6.45, 7) is 0.630. The number of fused-ring (bicyclic) bond motifs is 2. The van der Waals surface area contributed by atoms with Gasteiger partial charge in [0.1, 0.15) is 16.2 Å². The Balaban J connectivity index is 2.09. The van der Waals surface area contributed by atoms with Crippen molar-refractivity contribution in [2.45, 2.75) is 16.3 Å². The first kappa shape index (κ1) is 19.9. The Kier molecular flexibility index (Phi) is 5.12. The summed E-state index contributed by atoms with van der Waals surface area (Å²) < 4.78 is 33.8. The summed E-state index contributed by atoms with van der Waals surface area (Å²) in [4.78, 5) is 8.87. The molecule has 29 heavy (non-hydrogen) atoms. The monoisotopic (exact) mass is 450 g/mol. The quantitative estimate of drug-likeness (QED) is 0.493. The molecule has 0 radical (unpaired) electrons. The molecule has 0 bridgehead atoms. The molecule has 0 aliphatic rings. The lowest BCUT2D eigenvalue weighted by Crippen LogP contribution is -2.11. The predicted molar refractivity (Wildman–Crippen MR) is 113 cm³/mol. The zero-order valence-electron chi connectivity index (χ0n) is 15.3. The van der Waals surface area contributed by atoms with E-state index in [1.807, 2.05) is 6.07 Å². The topological polar surface area (TPSA) is 100 Å². The Hall–Kier alpha value is -2.39. The van der Waals surface area contributed by atoms with Crippen molar-refractivity contribution >= 4 is 61.1 Å². The summed E-state index contributed by atoms with van der Waals surface area (Å²) in [5, 5.41) is 0.284. The number of nitrogen functional groups attached to an aromatic ring is 1. The second kappa shape index (κ2) is 7.46. The van der Waals surface area contributed by atoms with E-state index in [9.17, 15) is 8.42 Å². The van der Waals surface area contributed by atoms with Gasteiger partial charge in [-0.15, -0.1) is 0 Å². The third kappa shape index (κ3) is 3.32. The molecule has 0 atom stereocenters. The Morgan fingerprint density at radius 1 is 1.10 bits per heavy atom. The number of nitrogens with zero attached hydrogens (tertiary/aromatic N) is 3. The van der Waals surface area contributed by atoms with E-state index in [0.29, 0.717) is 29.8 Å². The number of rotatable bonds is 5. The smallest absolute Gasteiger partial charge is 0.213 e. The van der Waals surface area contributed by atoms with Crippen LogP contribution in [0.15, 0.2) is 52.3 Å². The molecule has 0 saturated heterocycles. The first-order valence-corrected chi connectivity index (χ1v) is 10.8. The fraction of sp³-hybridized carbons (Fsp3) is 0.158. The van der Waals surface area contributed by atoms with Crippen molar-refractivity contribution in [1.29, 1.82) is 0 Å². The molecule has 10 heteroatoms. The molecule has 2 heterocycles. The highest BCUT2D eigenvalue weighted by Gasteiger charge is 2.31. The lowest BCUT2D eigenvalue weighted by molar-refractivity contribution is 0.188. The summed E-state index contributed by atoms with van der Waals surface area (Å²) in [5.74, 6) is 0.0170. The van der Waals surface area contributed by atoms with Crippen molar-refractivity contribution < 1.29 is 13.2 Å². The van der Waals surface area contributed by atoms with Crippen LogP contribution in [0.2, 0.25) is 10.0 Å². The zero-order valence-corrected chi connectivity index (χ0v) is 17.6. The predicted octanol–water partition coefficient (Wildman–Crippen LogP) is 3.95. The summed E-state index contributed by atoms with van der Waals surface area (Å²) in [6, 6.07) is 11.4. The number of hydrogen-bond donors (Lipinski definition) is 1. The molecular weight excluding hydrogens is 435 g/mol. The van der Waals surface area contributed by atoms with Gasteiger partial charge < -0.3 is 15.0 Å². The lowest BCUT2D eigenvalue weighted by atomic mass is 10.3. The van der Waals surface area contributed by atoms with Gasteiger partial charge in [-0.05, 0) is 30.3 Å². The first-order chi connectivity index (χ1) is 13.8. The van der Waals surface area contributed by atoms with Crippen LogP contribution in [-0.4, -0.2) is 36.7 Å². The molecule has 7 nitrogen and oxygen atoms in total. The maximum absolute atomic E-state index is 13.5. The van der Waals surface area contributed by atoms with Crippen LogP contribution in [-0.2, 0) is 21.1 Å². The van der Waals surface area contributed by atoms with Crippen molar-refractivity contribution in [1.82, 2.24) is 14.5 Å². The van der Waals surface area contributed by atoms with E-state index in [1.54, 1.807) is 29.9 Å². The van der Waals surface area contributed by atoms with E-state index >= 15 is 0 Å². The van der Waals surface area contributed by atoms with Gasteiger partial charge >= 0.3 is 0 Å². The number of anilines is 1. The Bertz CT molecular complexity index is 1350. The summed E-state index contributed by atoms with van der Waals surface area (Å²) in [5.41, 5.74) is 8.01. The van der Waals surface area contributed by atoms with Gasteiger partial charge in [-0.2, -0.15) is 0 Å². The summed E-state index contributed by atoms with van der Waals surface area (Å²) >= 11 is 12.2. The largest absolute Gasteiger partial charge is 0.384 e. The lowest BCUT2D eigenvalue weighted by Gasteiger charge is -2.09. The van der Waals surface area contributed by atoms with Gasteiger partial charge in [-0.3, -0.25) is 0 Å². The van der Waals surface area contributed by atoms with Crippen molar-refractivity contribution in [3.05, 3.63) is 52.5 Å². The van der Waals surface area contributed by atoms with E-state index in [1.165, 1.54) is 18.2 Å². The molecule has 0 amide bonds. The highest BCUT2D eigenvalue weighted by atomic mass is 35.5. The van der Waals surface area contributed by atoms with Gasteiger partial charge in [0.25, 0.3) is 0 Å². The van der Waals surface area contributed by atoms with Crippen LogP contribution >= 0.6 is 23.2 Å². The van der Waals surface area contributed by atoms with Crippen molar-refractivity contribution in [3.63, 3.8) is 0 Å². The average Bonchev–Trinajstić information content (AvgIpc) is 2.97. The number of hydrogen-bond acceptors (Lipinski definition) is 6. The molecule has 0 aliphatic carbocycles. The minimum absolute atomic E-state index is 0.0170. The maximum atomic E-state index is 13.5. The molecule has 4 aromatic rings. The van der Waals surface area contributed by atoms with Gasteiger partial charge in [-0.25, -0.2) is 18.4 Å². The number of aromatic nitrogens is 3. The Morgan fingerprint density at radius 3 is 2.48 bits per heavy atom. The molecule has 2 aromatic heterocycles. The maximum Gasteiger partial charge on any atom is 0.213 e. The van der Waals surface area contributed by atoms with Crippen molar-refractivity contribution in [3.8, 4) is 0 Å². The van der Waals surface area contributed by atoms with Gasteiger partial charge in [0.15, 0.2) is 5.65 Å². The third-order valence-corrected chi connectivity index (χ3v) is 7.05. The van der Waals surface area contributed by atoms with Crippen LogP contribution in [0.25, 0.3) is 22.2 Å². The van der Waals surface area contributed by atoms with Crippen LogP contribution in [0.4, 0.5) is 5.82 Å².